The van der Waals surface area contributed by atoms with Gasteiger partial charge in [-0.1, -0.05) is 25.8 Å². The zero-order chi connectivity index (χ0) is 13.0. The molecule has 98 valence electrons. The Hall–Kier alpha value is -1.58. The van der Waals surface area contributed by atoms with Gasteiger partial charge in [-0.05, 0) is 30.9 Å². The van der Waals surface area contributed by atoms with Crippen LogP contribution >= 0.6 is 0 Å². The average Bonchev–Trinajstić information content (AvgIpc) is 2.40. The highest BCUT2D eigenvalue weighted by molar-refractivity contribution is 5.93. The van der Waals surface area contributed by atoms with Crippen molar-refractivity contribution in [3.8, 4) is 0 Å². The van der Waals surface area contributed by atoms with E-state index in [4.69, 9.17) is 11.1 Å². The Balaban J connectivity index is 2.01. The summed E-state index contributed by atoms with van der Waals surface area (Å²) in [5, 5.41) is 7.43. The highest BCUT2D eigenvalue weighted by Crippen LogP contribution is 2.24. The molecule has 0 saturated carbocycles. The van der Waals surface area contributed by atoms with Crippen LogP contribution in [-0.4, -0.2) is 23.9 Å². The summed E-state index contributed by atoms with van der Waals surface area (Å²) in [5.41, 5.74) is 6.05. The molecule has 4 nitrogen and oxygen atoms in total. The second-order valence-electron chi connectivity index (χ2n) is 5.01. The van der Waals surface area contributed by atoms with Crippen molar-refractivity contribution in [2.75, 3.05) is 18.0 Å². The predicted molar refractivity (Wildman–Crippen MR) is 75.1 cm³/mol. The lowest BCUT2D eigenvalue weighted by atomic mass is 9.92. The number of aromatic nitrogens is 1. The number of amidine groups is 1. The first-order valence-electron chi connectivity index (χ1n) is 6.77. The van der Waals surface area contributed by atoms with Crippen LogP contribution in [0.1, 0.15) is 38.3 Å². The highest BCUT2D eigenvalue weighted by atomic mass is 15.2. The van der Waals surface area contributed by atoms with Gasteiger partial charge < -0.3 is 10.6 Å². The molecule has 1 aromatic rings. The quantitative estimate of drug-likeness (QED) is 0.633. The molecule has 3 N–H and O–H groups in total. The van der Waals surface area contributed by atoms with Gasteiger partial charge in [0.15, 0.2) is 0 Å². The minimum Gasteiger partial charge on any atom is -0.382 e. The second-order valence-corrected chi connectivity index (χ2v) is 5.01. The summed E-state index contributed by atoms with van der Waals surface area (Å²) >= 11 is 0. The van der Waals surface area contributed by atoms with Crippen LogP contribution in [0.25, 0.3) is 0 Å². The van der Waals surface area contributed by atoms with E-state index in [0.29, 0.717) is 5.69 Å². The van der Waals surface area contributed by atoms with Crippen LogP contribution in [0.4, 0.5) is 5.82 Å². The van der Waals surface area contributed by atoms with E-state index in [1.165, 1.54) is 25.7 Å². The molecule has 1 aliphatic heterocycles. The Bertz CT molecular complexity index is 408. The van der Waals surface area contributed by atoms with Crippen LogP contribution in [0.2, 0.25) is 0 Å². The molecule has 0 unspecified atom stereocenters. The maximum atomic E-state index is 7.43. The lowest BCUT2D eigenvalue weighted by molar-refractivity contribution is 0.377. The van der Waals surface area contributed by atoms with Gasteiger partial charge in [-0.2, -0.15) is 0 Å². The van der Waals surface area contributed by atoms with Crippen molar-refractivity contribution in [2.24, 2.45) is 11.7 Å². The summed E-state index contributed by atoms with van der Waals surface area (Å²) < 4.78 is 0. The number of nitrogens with zero attached hydrogens (tertiary/aromatic N) is 2. The van der Waals surface area contributed by atoms with Gasteiger partial charge in [0, 0.05) is 13.1 Å². The van der Waals surface area contributed by atoms with Crippen molar-refractivity contribution in [3.05, 3.63) is 23.9 Å². The molecule has 0 atom stereocenters. The number of anilines is 1. The fourth-order valence-corrected chi connectivity index (χ4v) is 2.61. The van der Waals surface area contributed by atoms with Gasteiger partial charge in [0.25, 0.3) is 0 Å². The molecule has 1 fully saturated rings. The minimum atomic E-state index is 0.0396. The smallest absolute Gasteiger partial charge is 0.141 e. The minimum absolute atomic E-state index is 0.0396. The maximum absolute atomic E-state index is 7.43. The zero-order valence-corrected chi connectivity index (χ0v) is 11.0. The van der Waals surface area contributed by atoms with Gasteiger partial charge in [0.2, 0.25) is 0 Å². The molecule has 18 heavy (non-hydrogen) atoms. The third-order valence-electron chi connectivity index (χ3n) is 3.65. The first kappa shape index (κ1) is 12.9. The normalized spacial score (nSPS) is 16.8. The van der Waals surface area contributed by atoms with Crippen LogP contribution in [0, 0.1) is 11.3 Å². The van der Waals surface area contributed by atoms with Crippen molar-refractivity contribution >= 4 is 11.7 Å². The van der Waals surface area contributed by atoms with E-state index < -0.39 is 0 Å². The predicted octanol–water partition coefficient (Wildman–Crippen LogP) is 2.38. The standard InChI is InChI=1S/C14H22N4/c1-2-4-11-7-9-18(10-8-11)13-6-3-5-12(17-13)14(15)16/h3,5-6,11H,2,4,7-10H2,1H3,(H3,15,16). The van der Waals surface area contributed by atoms with Gasteiger partial charge in [0.1, 0.15) is 17.3 Å². The van der Waals surface area contributed by atoms with Crippen LogP contribution in [0.3, 0.4) is 0 Å². The molecular weight excluding hydrogens is 224 g/mol. The van der Waals surface area contributed by atoms with E-state index in [9.17, 15) is 0 Å². The average molecular weight is 246 g/mol. The van der Waals surface area contributed by atoms with Gasteiger partial charge in [-0.3, -0.25) is 5.41 Å². The maximum Gasteiger partial charge on any atom is 0.141 e. The van der Waals surface area contributed by atoms with Crippen molar-refractivity contribution in [1.82, 2.24) is 4.98 Å². The van der Waals surface area contributed by atoms with Gasteiger partial charge in [0.05, 0.1) is 0 Å². The fourth-order valence-electron chi connectivity index (χ4n) is 2.61. The second kappa shape index (κ2) is 5.85. The molecule has 0 spiro atoms. The summed E-state index contributed by atoms with van der Waals surface area (Å²) in [7, 11) is 0. The van der Waals surface area contributed by atoms with Crippen molar-refractivity contribution in [2.45, 2.75) is 32.6 Å². The molecule has 1 saturated heterocycles. The summed E-state index contributed by atoms with van der Waals surface area (Å²) in [6.45, 7) is 4.39. The molecule has 0 radical (unpaired) electrons. The summed E-state index contributed by atoms with van der Waals surface area (Å²) in [4.78, 5) is 6.75. The molecule has 0 bridgehead atoms. The third-order valence-corrected chi connectivity index (χ3v) is 3.65. The van der Waals surface area contributed by atoms with Gasteiger partial charge in [-0.15, -0.1) is 0 Å². The molecular formula is C14H22N4. The number of rotatable bonds is 4. The molecule has 0 aliphatic carbocycles. The Morgan fingerprint density at radius 3 is 2.78 bits per heavy atom. The highest BCUT2D eigenvalue weighted by Gasteiger charge is 2.19. The number of nitrogens with two attached hydrogens (primary N) is 1. The van der Waals surface area contributed by atoms with Crippen LogP contribution in [0.5, 0.6) is 0 Å². The SMILES string of the molecule is CCCC1CCN(c2cccc(C(=N)N)n2)CC1. The van der Waals surface area contributed by atoms with E-state index in [1.807, 2.05) is 12.1 Å². The van der Waals surface area contributed by atoms with Crippen molar-refractivity contribution < 1.29 is 0 Å². The summed E-state index contributed by atoms with van der Waals surface area (Å²) in [5.74, 6) is 1.87. The monoisotopic (exact) mass is 246 g/mol. The number of pyridine rings is 1. The number of piperidine rings is 1. The summed E-state index contributed by atoms with van der Waals surface area (Å²) in [6, 6.07) is 5.72. The Labute approximate surface area is 109 Å². The largest absolute Gasteiger partial charge is 0.382 e. The van der Waals surface area contributed by atoms with Crippen LogP contribution in [0.15, 0.2) is 18.2 Å². The first-order chi connectivity index (χ1) is 8.70. The Morgan fingerprint density at radius 2 is 2.17 bits per heavy atom. The molecule has 4 heteroatoms. The van der Waals surface area contributed by atoms with Crippen LogP contribution < -0.4 is 10.6 Å². The van der Waals surface area contributed by atoms with Crippen molar-refractivity contribution in [3.63, 3.8) is 0 Å². The zero-order valence-electron chi connectivity index (χ0n) is 11.0. The molecule has 0 amide bonds. The number of nitrogen functional groups attached to an aromatic ring is 1. The van der Waals surface area contributed by atoms with Crippen molar-refractivity contribution in [1.29, 1.82) is 5.41 Å². The van der Waals surface area contributed by atoms with E-state index in [2.05, 4.69) is 16.8 Å². The molecule has 2 heterocycles. The van der Waals surface area contributed by atoms with E-state index in [-0.39, 0.29) is 5.84 Å². The van der Waals surface area contributed by atoms with Gasteiger partial charge >= 0.3 is 0 Å². The lowest BCUT2D eigenvalue weighted by Crippen LogP contribution is -2.34. The fraction of sp³-hybridized carbons (Fsp3) is 0.571. The Kier molecular flexibility index (Phi) is 4.18. The number of hydrogen-bond donors (Lipinski definition) is 2. The molecule has 1 aromatic heterocycles. The number of nitrogens with one attached hydrogen (secondary N) is 1. The van der Waals surface area contributed by atoms with Gasteiger partial charge in [-0.25, -0.2) is 4.98 Å². The van der Waals surface area contributed by atoms with E-state index in [0.717, 1.165) is 24.8 Å². The molecule has 0 aromatic carbocycles. The number of hydrogen-bond acceptors (Lipinski definition) is 3. The molecule has 1 aliphatic rings. The topological polar surface area (TPSA) is 66.0 Å². The first-order valence-corrected chi connectivity index (χ1v) is 6.77. The van der Waals surface area contributed by atoms with Crippen LogP contribution in [-0.2, 0) is 0 Å². The van der Waals surface area contributed by atoms with E-state index >= 15 is 0 Å². The Morgan fingerprint density at radius 1 is 1.44 bits per heavy atom. The molecule has 2 rings (SSSR count). The lowest BCUT2D eigenvalue weighted by Gasteiger charge is -2.32. The third kappa shape index (κ3) is 3.00. The van der Waals surface area contributed by atoms with E-state index in [1.54, 1.807) is 6.07 Å². The summed E-state index contributed by atoms with van der Waals surface area (Å²) in [6.07, 6.45) is 5.12.